The Balaban J connectivity index is 0.00000169. The van der Waals surface area contributed by atoms with Crippen LogP contribution < -0.4 is 5.73 Å². The summed E-state index contributed by atoms with van der Waals surface area (Å²) in [6.45, 7) is 1.99. The molecule has 1 atom stereocenters. The first kappa shape index (κ1) is 13.1. The molecule has 0 bridgehead atoms. The van der Waals surface area contributed by atoms with Crippen LogP contribution in [0.1, 0.15) is 18.9 Å². The van der Waals surface area contributed by atoms with Crippen LogP contribution >= 0.6 is 12.4 Å². The summed E-state index contributed by atoms with van der Waals surface area (Å²) in [5.74, 6) is -0.132. The fraction of sp³-hybridized carbons (Fsp3) is 0.400. The first-order valence-electron chi connectivity index (χ1n) is 4.40. The molecular weight excluding hydrogens is 202 g/mol. The van der Waals surface area contributed by atoms with Crippen LogP contribution in [-0.4, -0.2) is 16.3 Å². The SMILES string of the molecule is CCC(N)Cc1cccc(O)c1O.Cl. The minimum Gasteiger partial charge on any atom is -0.504 e. The van der Waals surface area contributed by atoms with Crippen LogP contribution in [-0.2, 0) is 6.42 Å². The highest BCUT2D eigenvalue weighted by Gasteiger charge is 2.08. The molecule has 0 heterocycles. The summed E-state index contributed by atoms with van der Waals surface area (Å²) < 4.78 is 0. The quantitative estimate of drug-likeness (QED) is 0.677. The van der Waals surface area contributed by atoms with Crippen molar-refractivity contribution < 1.29 is 10.2 Å². The van der Waals surface area contributed by atoms with E-state index in [1.165, 1.54) is 6.07 Å². The van der Waals surface area contributed by atoms with Crippen LogP contribution in [0.4, 0.5) is 0 Å². The molecule has 4 N–H and O–H groups in total. The van der Waals surface area contributed by atoms with Gasteiger partial charge in [0.05, 0.1) is 0 Å². The van der Waals surface area contributed by atoms with Gasteiger partial charge < -0.3 is 15.9 Å². The zero-order valence-electron chi connectivity index (χ0n) is 8.10. The Morgan fingerprint density at radius 3 is 2.57 bits per heavy atom. The van der Waals surface area contributed by atoms with E-state index in [0.717, 1.165) is 6.42 Å². The summed E-state index contributed by atoms with van der Waals surface area (Å²) >= 11 is 0. The van der Waals surface area contributed by atoms with E-state index >= 15 is 0 Å². The van der Waals surface area contributed by atoms with Crippen molar-refractivity contribution in [3.05, 3.63) is 23.8 Å². The maximum Gasteiger partial charge on any atom is 0.160 e. The van der Waals surface area contributed by atoms with E-state index in [1.807, 2.05) is 6.92 Å². The maximum atomic E-state index is 9.44. The molecule has 0 aromatic heterocycles. The van der Waals surface area contributed by atoms with Crippen molar-refractivity contribution in [3.8, 4) is 11.5 Å². The van der Waals surface area contributed by atoms with Gasteiger partial charge in [-0.1, -0.05) is 19.1 Å². The number of halogens is 1. The van der Waals surface area contributed by atoms with Gasteiger partial charge in [0.1, 0.15) is 0 Å². The van der Waals surface area contributed by atoms with Crippen LogP contribution in [0.2, 0.25) is 0 Å². The Kier molecular flexibility index (Phi) is 5.35. The molecule has 0 aliphatic rings. The van der Waals surface area contributed by atoms with Gasteiger partial charge >= 0.3 is 0 Å². The molecule has 0 radical (unpaired) electrons. The van der Waals surface area contributed by atoms with E-state index < -0.39 is 0 Å². The number of para-hydroxylation sites is 1. The lowest BCUT2D eigenvalue weighted by Crippen LogP contribution is -2.21. The standard InChI is InChI=1S/C10H15NO2.ClH/c1-2-8(11)6-7-4-3-5-9(12)10(7)13;/h3-5,8,12-13H,2,6,11H2,1H3;1H. The molecule has 1 aromatic rings. The Bertz CT molecular complexity index is 291. The third kappa shape index (κ3) is 3.09. The van der Waals surface area contributed by atoms with Gasteiger partial charge in [0.2, 0.25) is 0 Å². The normalized spacial score (nSPS) is 11.9. The van der Waals surface area contributed by atoms with E-state index in [4.69, 9.17) is 5.73 Å². The molecule has 4 heteroatoms. The van der Waals surface area contributed by atoms with Gasteiger partial charge in [-0.2, -0.15) is 0 Å². The highest BCUT2D eigenvalue weighted by molar-refractivity contribution is 5.85. The smallest absolute Gasteiger partial charge is 0.160 e. The lowest BCUT2D eigenvalue weighted by Gasteiger charge is -2.10. The number of phenolic OH excluding ortho intramolecular Hbond substituents is 2. The zero-order chi connectivity index (χ0) is 9.84. The fourth-order valence-corrected chi connectivity index (χ4v) is 1.17. The monoisotopic (exact) mass is 217 g/mol. The molecule has 14 heavy (non-hydrogen) atoms. The number of phenols is 2. The molecule has 0 saturated heterocycles. The van der Waals surface area contributed by atoms with E-state index in [9.17, 15) is 10.2 Å². The van der Waals surface area contributed by atoms with Gasteiger partial charge in [-0.3, -0.25) is 0 Å². The Morgan fingerprint density at radius 2 is 2.00 bits per heavy atom. The molecule has 1 rings (SSSR count). The van der Waals surface area contributed by atoms with Crippen LogP contribution in [0.15, 0.2) is 18.2 Å². The Morgan fingerprint density at radius 1 is 1.36 bits per heavy atom. The molecule has 80 valence electrons. The van der Waals surface area contributed by atoms with Gasteiger partial charge in [0.25, 0.3) is 0 Å². The molecule has 1 unspecified atom stereocenters. The third-order valence-electron chi connectivity index (χ3n) is 2.10. The molecule has 0 amide bonds. The number of nitrogens with two attached hydrogens (primary N) is 1. The summed E-state index contributed by atoms with van der Waals surface area (Å²) in [5, 5.41) is 18.6. The first-order chi connectivity index (χ1) is 6.15. The van der Waals surface area contributed by atoms with Crippen molar-refractivity contribution in [2.24, 2.45) is 5.73 Å². The number of rotatable bonds is 3. The summed E-state index contributed by atoms with van der Waals surface area (Å²) in [7, 11) is 0. The molecule has 0 spiro atoms. The Labute approximate surface area is 90.0 Å². The van der Waals surface area contributed by atoms with Gasteiger partial charge in [0, 0.05) is 6.04 Å². The number of hydrogen-bond donors (Lipinski definition) is 3. The van der Waals surface area contributed by atoms with E-state index in [-0.39, 0.29) is 29.9 Å². The van der Waals surface area contributed by atoms with Crippen molar-refractivity contribution in [2.45, 2.75) is 25.8 Å². The predicted octanol–water partition coefficient (Wildman–Crippen LogP) is 1.80. The molecular formula is C10H16ClNO2. The summed E-state index contributed by atoms with van der Waals surface area (Å²) in [4.78, 5) is 0. The lowest BCUT2D eigenvalue weighted by atomic mass is 10.0. The zero-order valence-corrected chi connectivity index (χ0v) is 8.92. The second-order valence-electron chi connectivity index (χ2n) is 3.16. The fourth-order valence-electron chi connectivity index (χ4n) is 1.17. The molecule has 0 saturated carbocycles. The summed E-state index contributed by atoms with van der Waals surface area (Å²) in [5.41, 5.74) is 6.43. The molecule has 0 fully saturated rings. The Hall–Kier alpha value is -0.930. The van der Waals surface area contributed by atoms with Gasteiger partial charge in [-0.15, -0.1) is 12.4 Å². The highest BCUT2D eigenvalue weighted by Crippen LogP contribution is 2.28. The van der Waals surface area contributed by atoms with Crippen molar-refractivity contribution in [2.75, 3.05) is 0 Å². The van der Waals surface area contributed by atoms with Crippen molar-refractivity contribution in [1.82, 2.24) is 0 Å². The number of benzene rings is 1. The molecule has 1 aromatic carbocycles. The second kappa shape index (κ2) is 5.73. The summed E-state index contributed by atoms with van der Waals surface area (Å²) in [6, 6.07) is 4.96. The van der Waals surface area contributed by atoms with Crippen molar-refractivity contribution in [1.29, 1.82) is 0 Å². The summed E-state index contributed by atoms with van der Waals surface area (Å²) in [6.07, 6.45) is 1.45. The minimum absolute atomic E-state index is 0. The topological polar surface area (TPSA) is 66.5 Å². The average Bonchev–Trinajstić information content (AvgIpc) is 2.13. The molecule has 0 aliphatic carbocycles. The lowest BCUT2D eigenvalue weighted by molar-refractivity contribution is 0.397. The van der Waals surface area contributed by atoms with Crippen molar-refractivity contribution in [3.63, 3.8) is 0 Å². The minimum atomic E-state index is -0.0826. The largest absolute Gasteiger partial charge is 0.504 e. The molecule has 3 nitrogen and oxygen atoms in total. The predicted molar refractivity (Wildman–Crippen MR) is 59.0 cm³/mol. The number of aromatic hydroxyl groups is 2. The van der Waals surface area contributed by atoms with Gasteiger partial charge in [0.15, 0.2) is 11.5 Å². The third-order valence-corrected chi connectivity index (χ3v) is 2.10. The molecule has 0 aliphatic heterocycles. The van der Waals surface area contributed by atoms with Gasteiger partial charge in [-0.25, -0.2) is 0 Å². The van der Waals surface area contributed by atoms with Gasteiger partial charge in [-0.05, 0) is 24.5 Å². The van der Waals surface area contributed by atoms with E-state index in [2.05, 4.69) is 0 Å². The van der Waals surface area contributed by atoms with Crippen LogP contribution in [0.25, 0.3) is 0 Å². The highest BCUT2D eigenvalue weighted by atomic mass is 35.5. The number of hydrogen-bond acceptors (Lipinski definition) is 3. The van der Waals surface area contributed by atoms with Crippen molar-refractivity contribution >= 4 is 12.4 Å². The van der Waals surface area contributed by atoms with E-state index in [0.29, 0.717) is 12.0 Å². The maximum absolute atomic E-state index is 9.44. The van der Waals surface area contributed by atoms with Crippen LogP contribution in [0, 0.1) is 0 Å². The second-order valence-corrected chi connectivity index (χ2v) is 3.16. The first-order valence-corrected chi connectivity index (χ1v) is 4.40. The van der Waals surface area contributed by atoms with E-state index in [1.54, 1.807) is 12.1 Å². The average molecular weight is 218 g/mol. The van der Waals surface area contributed by atoms with Crippen LogP contribution in [0.5, 0.6) is 11.5 Å². The van der Waals surface area contributed by atoms with Crippen LogP contribution in [0.3, 0.4) is 0 Å².